The molecule has 4 heterocycles. The Morgan fingerprint density at radius 3 is 2.30 bits per heavy atom. The van der Waals surface area contributed by atoms with Gasteiger partial charge in [0.15, 0.2) is 0 Å². The van der Waals surface area contributed by atoms with E-state index < -0.39 is 25.5 Å². The van der Waals surface area contributed by atoms with Gasteiger partial charge in [-0.05, 0) is 71.7 Å². The maximum atomic E-state index is 8.89. The van der Waals surface area contributed by atoms with Crippen molar-refractivity contribution in [1.82, 2.24) is 9.97 Å². The van der Waals surface area contributed by atoms with E-state index >= 15 is 0 Å². The van der Waals surface area contributed by atoms with E-state index in [1.165, 1.54) is 12.4 Å². The average molecular weight is 799 g/mol. The fourth-order valence-corrected chi connectivity index (χ4v) is 5.74. The molecule has 0 spiro atoms. The number of nitrogens with zero attached hydrogens (tertiary/aromatic N) is 2. The average Bonchev–Trinajstić information content (AvgIpc) is 3.14. The molecule has 2 aliphatic rings. The first kappa shape index (κ1) is 23.8. The minimum absolute atomic E-state index is 0. The zero-order valence-electron chi connectivity index (χ0n) is 34.0. The van der Waals surface area contributed by atoms with Crippen LogP contribution in [-0.2, 0) is 26.5 Å². The summed E-state index contributed by atoms with van der Waals surface area (Å²) in [6.07, 6.45) is 0.724. The van der Waals surface area contributed by atoms with Crippen molar-refractivity contribution in [2.45, 2.75) is 40.8 Å². The molecule has 0 amide bonds. The number of fused-ring (bicyclic) bond motifs is 4. The molecule has 0 fully saturated rings. The van der Waals surface area contributed by atoms with E-state index in [0.29, 0.717) is 22.8 Å². The predicted molar refractivity (Wildman–Crippen MR) is 187 cm³/mol. The molecule has 1 radical (unpaired) electrons. The van der Waals surface area contributed by atoms with Gasteiger partial charge in [-0.2, -0.15) is 0 Å². The Hall–Kier alpha value is -4.51. The molecular weight excluding hydrogens is 755 g/mol. The van der Waals surface area contributed by atoms with E-state index in [0.717, 1.165) is 39.1 Å². The monoisotopic (exact) mass is 799 g/mol. The molecule has 6 heteroatoms. The predicted octanol–water partition coefficient (Wildman–Crippen LogP) is 8.03. The normalized spacial score (nSPS) is 15.5. The first-order chi connectivity index (χ1) is 25.4. The van der Waals surface area contributed by atoms with E-state index in [4.69, 9.17) is 20.4 Å². The summed E-state index contributed by atoms with van der Waals surface area (Å²) in [5.74, 6) is 2.76. The van der Waals surface area contributed by atoms with E-state index in [2.05, 4.69) is 22.1 Å². The van der Waals surface area contributed by atoms with Gasteiger partial charge in [0.1, 0.15) is 17.2 Å². The molecule has 0 saturated heterocycles. The van der Waals surface area contributed by atoms with Crippen LogP contribution in [-0.4, -0.2) is 16.7 Å². The first-order valence-corrected chi connectivity index (χ1v) is 15.0. The van der Waals surface area contributed by atoms with Crippen molar-refractivity contribution in [2.24, 2.45) is 5.41 Å². The molecule has 2 aliphatic heterocycles. The van der Waals surface area contributed by atoms with Crippen LogP contribution in [0.5, 0.6) is 23.0 Å². The smallest absolute Gasteiger partial charge is 0.241 e. The Morgan fingerprint density at radius 1 is 0.766 bits per heavy atom. The summed E-state index contributed by atoms with van der Waals surface area (Å²) in [5.41, 5.74) is 4.82. The van der Waals surface area contributed by atoms with Crippen LogP contribution in [0.15, 0.2) is 109 Å². The molecule has 0 N–H and O–H groups in total. The van der Waals surface area contributed by atoms with Crippen molar-refractivity contribution in [2.75, 3.05) is 0 Å². The summed E-state index contributed by atoms with van der Waals surface area (Å²) < 4.78 is 76.2. The molecule has 6 aromatic rings. The molecule has 2 aromatic heterocycles. The molecule has 0 atom stereocenters. The van der Waals surface area contributed by atoms with E-state index in [1.807, 2.05) is 66.7 Å². The second-order valence-electron chi connectivity index (χ2n) is 12.2. The number of pyridine rings is 2. The third kappa shape index (κ3) is 6.67. The number of aryl methyl sites for hydroxylation is 2. The second-order valence-corrected chi connectivity index (χ2v) is 12.2. The second kappa shape index (κ2) is 13.3. The topological polar surface area (TPSA) is 44.2 Å². The molecule has 8 rings (SSSR count). The summed E-state index contributed by atoms with van der Waals surface area (Å²) in [4.78, 5) is 8.62. The Bertz CT molecular complexity index is 2350. The first-order valence-electron chi connectivity index (χ1n) is 19.0. The molecule has 4 aromatic carbocycles. The largest absolute Gasteiger partial charge is 0.503 e. The molecule has 0 unspecified atom stereocenters. The van der Waals surface area contributed by atoms with Gasteiger partial charge < -0.3 is 19.4 Å². The number of aromatic nitrogens is 2. The van der Waals surface area contributed by atoms with Crippen molar-refractivity contribution in [3.05, 3.63) is 138 Å². The van der Waals surface area contributed by atoms with Crippen molar-refractivity contribution >= 4 is 23.1 Å². The molecule has 47 heavy (non-hydrogen) atoms. The van der Waals surface area contributed by atoms with Gasteiger partial charge in [0.25, 0.3) is 0 Å². The number of ether oxygens (including phenoxy) is 2. The Labute approximate surface area is 302 Å². The summed E-state index contributed by atoms with van der Waals surface area (Å²) in [5, 5.41) is 0. The van der Waals surface area contributed by atoms with Crippen LogP contribution in [0, 0.1) is 31.3 Å². The minimum Gasteiger partial charge on any atom is -0.503 e. The molecular formula is C41H35BIrN2O2-2. The minimum atomic E-state index is -2.52. The van der Waals surface area contributed by atoms with Crippen LogP contribution in [0.25, 0.3) is 22.5 Å². The van der Waals surface area contributed by atoms with Crippen molar-refractivity contribution in [1.29, 1.82) is 0 Å². The zero-order chi connectivity index (χ0) is 38.6. The standard InChI is InChI=1S/C29H25BNO2.C12H10N.Ir/c1-18-17-31-23(15-19(18)16-29(2,3)4)20-9-7-11-22-28(20)33-26-14-8-13-25-27(26)30(22)21-10-5-6-12-24(21)32-25;1-10-7-8-12(13-9-10)11-5-3-2-4-6-11;/h5-8,10-15,17H,16H2,1-4H3;2-5,7-9H,1H3;/q2*-1;/i1D3,16D2;1D3;. The summed E-state index contributed by atoms with van der Waals surface area (Å²) in [7, 11) is 0. The maximum Gasteiger partial charge on any atom is 0.241 e. The molecule has 0 saturated carbocycles. The van der Waals surface area contributed by atoms with Gasteiger partial charge in [0.2, 0.25) is 6.71 Å². The summed E-state index contributed by atoms with van der Waals surface area (Å²) in [6, 6.07) is 36.0. The van der Waals surface area contributed by atoms with Crippen molar-refractivity contribution in [3.8, 4) is 45.5 Å². The fourth-order valence-electron chi connectivity index (χ4n) is 5.74. The van der Waals surface area contributed by atoms with Gasteiger partial charge in [-0.25, -0.2) is 0 Å². The molecule has 0 bridgehead atoms. The van der Waals surface area contributed by atoms with E-state index in [1.54, 1.807) is 51.1 Å². The van der Waals surface area contributed by atoms with Crippen LogP contribution < -0.4 is 25.9 Å². The van der Waals surface area contributed by atoms with Crippen molar-refractivity contribution in [3.63, 3.8) is 0 Å². The van der Waals surface area contributed by atoms with E-state index in [-0.39, 0.29) is 43.5 Å². The van der Waals surface area contributed by atoms with Gasteiger partial charge in [-0.15, -0.1) is 59.6 Å². The zero-order valence-corrected chi connectivity index (χ0v) is 28.4. The number of hydrogen-bond acceptors (Lipinski definition) is 4. The number of hydrogen-bond donors (Lipinski definition) is 0. The Kier molecular flexibility index (Phi) is 6.73. The summed E-state index contributed by atoms with van der Waals surface area (Å²) >= 11 is 0. The quantitative estimate of drug-likeness (QED) is 0.134. The third-order valence-corrected chi connectivity index (χ3v) is 7.69. The third-order valence-electron chi connectivity index (χ3n) is 7.69. The number of para-hydroxylation sites is 1. The Balaban J connectivity index is 0.000000254. The van der Waals surface area contributed by atoms with Crippen molar-refractivity contribution < 1.29 is 40.5 Å². The summed E-state index contributed by atoms with van der Waals surface area (Å²) in [6.45, 7) is 0.529. The van der Waals surface area contributed by atoms with Crippen LogP contribution in [0.2, 0.25) is 0 Å². The van der Waals surface area contributed by atoms with E-state index in [9.17, 15) is 0 Å². The maximum absolute atomic E-state index is 8.89. The van der Waals surface area contributed by atoms with Gasteiger partial charge >= 0.3 is 0 Å². The van der Waals surface area contributed by atoms with Crippen LogP contribution >= 0.6 is 0 Å². The number of rotatable bonds is 3. The molecule has 235 valence electrons. The molecule has 0 aliphatic carbocycles. The van der Waals surface area contributed by atoms with Crippen LogP contribution in [0.1, 0.15) is 48.4 Å². The van der Waals surface area contributed by atoms with Crippen LogP contribution in [0.3, 0.4) is 0 Å². The van der Waals surface area contributed by atoms with Gasteiger partial charge in [-0.1, -0.05) is 74.4 Å². The van der Waals surface area contributed by atoms with Gasteiger partial charge in [0, 0.05) is 54.7 Å². The Morgan fingerprint density at radius 2 is 1.55 bits per heavy atom. The molecule has 4 nitrogen and oxygen atoms in total. The van der Waals surface area contributed by atoms with Gasteiger partial charge in [0.05, 0.1) is 0 Å². The fraction of sp³-hybridized carbons (Fsp3) is 0.171. The van der Waals surface area contributed by atoms with Gasteiger partial charge in [-0.3, -0.25) is 0 Å². The SMILES string of the molecule is [2H]C([2H])([2H])c1ccc(-c2[c-]cccc2)nc1.[2H]C([2H])([2H])c1cnc(-c2[c-]ccc3c2Oc2cccc4c2B3c2ccccc2O4)cc1C([2H])([2H])C(C)(C)C.[Ir]. The van der Waals surface area contributed by atoms with Crippen LogP contribution in [0.4, 0.5) is 0 Å². The number of benzene rings is 4.